The standard InChI is InChI=1S/C22H25N5O2/c1-26(2)12-13-29-20-14-17(10-11-23-20)25-22(28)19-15-24-27(21(19)16-8-9-16)18-6-4-3-5-7-18/h3-7,10-11,14-16H,8-9,12-13H2,1-2H3,(H,23,25,28). The maximum absolute atomic E-state index is 13.0. The largest absolute Gasteiger partial charge is 0.476 e. The number of ether oxygens (including phenoxy) is 1. The summed E-state index contributed by atoms with van der Waals surface area (Å²) < 4.78 is 7.54. The summed E-state index contributed by atoms with van der Waals surface area (Å²) in [5.41, 5.74) is 3.21. The molecule has 1 fully saturated rings. The summed E-state index contributed by atoms with van der Waals surface area (Å²) in [5, 5.41) is 7.46. The number of likely N-dealkylation sites (N-methyl/N-ethyl adjacent to an activating group) is 1. The minimum absolute atomic E-state index is 0.167. The van der Waals surface area contributed by atoms with Crippen LogP contribution in [0.2, 0.25) is 0 Å². The van der Waals surface area contributed by atoms with E-state index < -0.39 is 0 Å². The quantitative estimate of drug-likeness (QED) is 0.638. The molecule has 1 aliphatic carbocycles. The second-order valence-corrected chi connectivity index (χ2v) is 7.45. The first-order chi connectivity index (χ1) is 14.1. The van der Waals surface area contributed by atoms with Crippen LogP contribution >= 0.6 is 0 Å². The second kappa shape index (κ2) is 8.45. The van der Waals surface area contributed by atoms with Crippen LogP contribution in [0.15, 0.2) is 54.9 Å². The van der Waals surface area contributed by atoms with Gasteiger partial charge in [0.25, 0.3) is 5.91 Å². The molecule has 3 aromatic rings. The van der Waals surface area contributed by atoms with Crippen LogP contribution in [0.25, 0.3) is 5.69 Å². The van der Waals surface area contributed by atoms with Crippen molar-refractivity contribution in [3.05, 3.63) is 66.1 Å². The van der Waals surface area contributed by atoms with Gasteiger partial charge in [0.05, 0.1) is 23.1 Å². The summed E-state index contributed by atoms with van der Waals surface area (Å²) in [5.74, 6) is 0.701. The average molecular weight is 391 g/mol. The van der Waals surface area contributed by atoms with Crippen molar-refractivity contribution in [2.75, 3.05) is 32.6 Å². The smallest absolute Gasteiger partial charge is 0.259 e. The molecule has 7 nitrogen and oxygen atoms in total. The molecule has 7 heteroatoms. The lowest BCUT2D eigenvalue weighted by molar-refractivity contribution is 0.102. The maximum atomic E-state index is 13.0. The number of carbonyl (C=O) groups is 1. The van der Waals surface area contributed by atoms with Crippen molar-refractivity contribution in [1.29, 1.82) is 0 Å². The minimum Gasteiger partial charge on any atom is -0.476 e. The van der Waals surface area contributed by atoms with E-state index >= 15 is 0 Å². The van der Waals surface area contributed by atoms with Gasteiger partial charge in [-0.15, -0.1) is 0 Å². The molecule has 1 saturated carbocycles. The van der Waals surface area contributed by atoms with Crippen molar-refractivity contribution in [2.24, 2.45) is 0 Å². The molecule has 1 amide bonds. The molecule has 4 rings (SSSR count). The summed E-state index contributed by atoms with van der Waals surface area (Å²) in [4.78, 5) is 19.2. The van der Waals surface area contributed by atoms with Gasteiger partial charge in [0, 0.05) is 30.4 Å². The Bertz CT molecular complexity index is 980. The van der Waals surface area contributed by atoms with Crippen molar-refractivity contribution in [1.82, 2.24) is 19.7 Å². The molecule has 0 radical (unpaired) electrons. The van der Waals surface area contributed by atoms with E-state index in [1.54, 1.807) is 24.5 Å². The molecule has 0 unspecified atom stereocenters. The number of hydrogen-bond donors (Lipinski definition) is 1. The van der Waals surface area contributed by atoms with Gasteiger partial charge in [0.2, 0.25) is 5.88 Å². The topological polar surface area (TPSA) is 72.3 Å². The first kappa shape index (κ1) is 19.1. The van der Waals surface area contributed by atoms with Crippen molar-refractivity contribution < 1.29 is 9.53 Å². The molecule has 0 aliphatic heterocycles. The summed E-state index contributed by atoms with van der Waals surface area (Å²) >= 11 is 0. The molecule has 1 aromatic carbocycles. The highest BCUT2D eigenvalue weighted by molar-refractivity contribution is 6.05. The van der Waals surface area contributed by atoms with Gasteiger partial charge in [-0.25, -0.2) is 9.67 Å². The first-order valence-corrected chi connectivity index (χ1v) is 9.80. The highest BCUT2D eigenvalue weighted by atomic mass is 16.5. The zero-order chi connectivity index (χ0) is 20.2. The van der Waals surface area contributed by atoms with Gasteiger partial charge in [-0.05, 0) is 45.1 Å². The van der Waals surface area contributed by atoms with Gasteiger partial charge in [0.1, 0.15) is 6.61 Å². The number of hydrogen-bond acceptors (Lipinski definition) is 5. The van der Waals surface area contributed by atoms with Crippen LogP contribution in [0.5, 0.6) is 5.88 Å². The van der Waals surface area contributed by atoms with E-state index in [0.29, 0.717) is 29.7 Å². The van der Waals surface area contributed by atoms with Crippen LogP contribution in [-0.2, 0) is 0 Å². The van der Waals surface area contributed by atoms with E-state index in [-0.39, 0.29) is 5.91 Å². The lowest BCUT2D eigenvalue weighted by Crippen LogP contribution is -2.19. The Kier molecular flexibility index (Phi) is 5.57. The lowest BCUT2D eigenvalue weighted by Gasteiger charge is -2.12. The summed E-state index contributed by atoms with van der Waals surface area (Å²) in [6.07, 6.45) is 5.46. The Morgan fingerprint density at radius 1 is 1.24 bits per heavy atom. The van der Waals surface area contributed by atoms with Crippen LogP contribution in [0.1, 0.15) is 34.8 Å². The molecule has 150 valence electrons. The Labute approximate surface area is 170 Å². The number of amides is 1. The molecular formula is C22H25N5O2. The summed E-state index contributed by atoms with van der Waals surface area (Å²) in [7, 11) is 3.97. The molecule has 29 heavy (non-hydrogen) atoms. The van der Waals surface area contributed by atoms with Gasteiger partial charge in [-0.2, -0.15) is 5.10 Å². The third-order valence-electron chi connectivity index (χ3n) is 4.80. The monoisotopic (exact) mass is 391 g/mol. The van der Waals surface area contributed by atoms with Gasteiger partial charge in [-0.1, -0.05) is 18.2 Å². The molecule has 0 bridgehead atoms. The lowest BCUT2D eigenvalue weighted by atomic mass is 10.1. The second-order valence-electron chi connectivity index (χ2n) is 7.45. The number of nitrogens with one attached hydrogen (secondary N) is 1. The van der Waals surface area contributed by atoms with E-state index in [4.69, 9.17) is 4.74 Å². The fourth-order valence-electron chi connectivity index (χ4n) is 3.15. The van der Waals surface area contributed by atoms with Gasteiger partial charge >= 0.3 is 0 Å². The fourth-order valence-corrected chi connectivity index (χ4v) is 3.15. The Balaban J connectivity index is 1.51. The van der Waals surface area contributed by atoms with Gasteiger partial charge in [0.15, 0.2) is 0 Å². The fraction of sp³-hybridized carbons (Fsp3) is 0.318. The molecule has 1 N–H and O–H groups in total. The number of pyridine rings is 1. The third kappa shape index (κ3) is 4.63. The predicted octanol–water partition coefficient (Wildman–Crippen LogP) is 3.34. The van der Waals surface area contributed by atoms with Crippen molar-refractivity contribution in [2.45, 2.75) is 18.8 Å². The average Bonchev–Trinajstić information content (AvgIpc) is 3.46. The van der Waals surface area contributed by atoms with Crippen LogP contribution < -0.4 is 10.1 Å². The van der Waals surface area contributed by atoms with Gasteiger partial charge < -0.3 is 15.0 Å². The van der Waals surface area contributed by atoms with E-state index in [2.05, 4.69) is 15.4 Å². The highest BCUT2D eigenvalue weighted by Crippen LogP contribution is 2.42. The van der Waals surface area contributed by atoms with Crippen LogP contribution in [0.4, 0.5) is 5.69 Å². The molecule has 2 aromatic heterocycles. The minimum atomic E-state index is -0.167. The van der Waals surface area contributed by atoms with Crippen molar-refractivity contribution in [3.63, 3.8) is 0 Å². The normalized spacial score (nSPS) is 13.5. The van der Waals surface area contributed by atoms with E-state index in [1.165, 1.54) is 0 Å². The summed E-state index contributed by atoms with van der Waals surface area (Å²) in [6, 6.07) is 13.4. The summed E-state index contributed by atoms with van der Waals surface area (Å²) in [6.45, 7) is 1.33. The van der Waals surface area contributed by atoms with E-state index in [0.717, 1.165) is 30.8 Å². The molecule has 1 aliphatic rings. The number of rotatable bonds is 8. The SMILES string of the molecule is CN(C)CCOc1cc(NC(=O)c2cnn(-c3ccccc3)c2C2CC2)ccn1. The number of aromatic nitrogens is 3. The number of para-hydroxylation sites is 1. The zero-order valence-corrected chi connectivity index (χ0v) is 16.7. The number of carbonyl (C=O) groups excluding carboxylic acids is 1. The van der Waals surface area contributed by atoms with Gasteiger partial charge in [-0.3, -0.25) is 4.79 Å². The Hall–Kier alpha value is -3.19. The molecule has 2 heterocycles. The van der Waals surface area contributed by atoms with E-state index in [9.17, 15) is 4.79 Å². The van der Waals surface area contributed by atoms with Crippen LogP contribution in [0, 0.1) is 0 Å². The Morgan fingerprint density at radius 2 is 2.03 bits per heavy atom. The third-order valence-corrected chi connectivity index (χ3v) is 4.80. The molecular weight excluding hydrogens is 366 g/mol. The number of anilines is 1. The van der Waals surface area contributed by atoms with Crippen molar-refractivity contribution in [3.8, 4) is 11.6 Å². The maximum Gasteiger partial charge on any atom is 0.259 e. The number of nitrogens with zero attached hydrogens (tertiary/aromatic N) is 4. The highest BCUT2D eigenvalue weighted by Gasteiger charge is 2.33. The van der Waals surface area contributed by atoms with Crippen LogP contribution in [-0.4, -0.2) is 52.8 Å². The van der Waals surface area contributed by atoms with E-state index in [1.807, 2.05) is 54.0 Å². The first-order valence-electron chi connectivity index (χ1n) is 9.80. The molecule has 0 saturated heterocycles. The predicted molar refractivity (Wildman–Crippen MR) is 112 cm³/mol. The number of benzene rings is 1. The zero-order valence-electron chi connectivity index (χ0n) is 16.7. The van der Waals surface area contributed by atoms with Crippen molar-refractivity contribution >= 4 is 11.6 Å². The molecule has 0 atom stereocenters. The molecule has 0 spiro atoms. The Morgan fingerprint density at radius 3 is 2.76 bits per heavy atom. The van der Waals surface area contributed by atoms with Crippen LogP contribution in [0.3, 0.4) is 0 Å².